The van der Waals surface area contributed by atoms with E-state index in [0.717, 1.165) is 7.11 Å². The summed E-state index contributed by atoms with van der Waals surface area (Å²) in [4.78, 5) is 14.4. The molecule has 0 aromatic carbocycles. The van der Waals surface area contributed by atoms with E-state index in [1.54, 1.807) is 0 Å². The Hall–Kier alpha value is -1.64. The maximum absolute atomic E-state index is 12.7. The van der Waals surface area contributed by atoms with Gasteiger partial charge in [-0.1, -0.05) is 0 Å². The summed E-state index contributed by atoms with van der Waals surface area (Å²) in [5.74, 6) is -2.92. The molecule has 0 aliphatic carbocycles. The highest BCUT2D eigenvalue weighted by atomic mass is 35.5. The lowest BCUT2D eigenvalue weighted by Crippen LogP contribution is -2.21. The minimum absolute atomic E-state index is 0.381. The van der Waals surface area contributed by atoms with Crippen molar-refractivity contribution in [3.63, 3.8) is 0 Å². The standard InChI is InChI=1S/C10H7ClF5NO3/c1-19-9(18)7-5(20-10(14,15)16)2-4(3-11)6(17-7)8(12)13/h2,8H,3H2,1H3. The van der Waals surface area contributed by atoms with Crippen LogP contribution in [0.25, 0.3) is 0 Å². The van der Waals surface area contributed by atoms with Crippen LogP contribution in [-0.2, 0) is 10.6 Å². The molecule has 1 aromatic rings. The molecule has 20 heavy (non-hydrogen) atoms. The van der Waals surface area contributed by atoms with Gasteiger partial charge in [0.05, 0.1) is 7.11 Å². The van der Waals surface area contributed by atoms with E-state index in [1.165, 1.54) is 0 Å². The highest BCUT2D eigenvalue weighted by molar-refractivity contribution is 6.17. The van der Waals surface area contributed by atoms with E-state index in [1.807, 2.05) is 0 Å². The van der Waals surface area contributed by atoms with Crippen LogP contribution in [0.4, 0.5) is 22.0 Å². The Morgan fingerprint density at radius 3 is 2.45 bits per heavy atom. The molecule has 1 rings (SSSR count). The minimum atomic E-state index is -5.12. The number of methoxy groups -OCH3 is 1. The molecule has 1 aromatic heterocycles. The molecule has 0 radical (unpaired) electrons. The molecule has 112 valence electrons. The maximum Gasteiger partial charge on any atom is 0.573 e. The number of hydrogen-bond donors (Lipinski definition) is 0. The predicted octanol–water partition coefficient (Wildman–Crippen LogP) is 3.44. The van der Waals surface area contributed by atoms with Crippen LogP contribution >= 0.6 is 11.6 Å². The number of nitrogens with zero attached hydrogens (tertiary/aromatic N) is 1. The van der Waals surface area contributed by atoms with Gasteiger partial charge in [-0.3, -0.25) is 0 Å². The van der Waals surface area contributed by atoms with E-state index in [0.29, 0.717) is 6.07 Å². The topological polar surface area (TPSA) is 48.4 Å². The zero-order valence-electron chi connectivity index (χ0n) is 9.80. The van der Waals surface area contributed by atoms with Gasteiger partial charge in [-0.25, -0.2) is 18.6 Å². The van der Waals surface area contributed by atoms with Gasteiger partial charge < -0.3 is 9.47 Å². The molecule has 0 aliphatic heterocycles. The van der Waals surface area contributed by atoms with Crippen molar-refractivity contribution in [1.82, 2.24) is 4.98 Å². The van der Waals surface area contributed by atoms with Crippen LogP contribution in [0, 0.1) is 0 Å². The number of hydrogen-bond acceptors (Lipinski definition) is 4. The Bertz CT molecular complexity index is 506. The second kappa shape index (κ2) is 6.21. The maximum atomic E-state index is 12.7. The first kappa shape index (κ1) is 16.4. The van der Waals surface area contributed by atoms with Crippen molar-refractivity contribution >= 4 is 17.6 Å². The van der Waals surface area contributed by atoms with Crippen molar-refractivity contribution < 1.29 is 36.2 Å². The molecular formula is C10H7ClF5NO3. The summed E-state index contributed by atoms with van der Waals surface area (Å²) in [5.41, 5.74) is -2.29. The first-order chi connectivity index (χ1) is 9.19. The normalized spacial score (nSPS) is 11.6. The lowest BCUT2D eigenvalue weighted by atomic mass is 10.2. The Balaban J connectivity index is 3.43. The van der Waals surface area contributed by atoms with Crippen LogP contribution in [0.15, 0.2) is 6.07 Å². The zero-order valence-corrected chi connectivity index (χ0v) is 10.6. The van der Waals surface area contributed by atoms with Crippen LogP contribution in [0.5, 0.6) is 5.75 Å². The molecule has 0 spiro atoms. The summed E-state index contributed by atoms with van der Waals surface area (Å²) in [6.45, 7) is 0. The second-order valence-electron chi connectivity index (χ2n) is 3.35. The predicted molar refractivity (Wildman–Crippen MR) is 56.8 cm³/mol. The molecule has 0 fully saturated rings. The number of carbonyl (C=O) groups excluding carboxylic acids is 1. The molecule has 0 saturated carbocycles. The average Bonchev–Trinajstić information content (AvgIpc) is 2.35. The molecule has 0 N–H and O–H groups in total. The largest absolute Gasteiger partial charge is 0.573 e. The van der Waals surface area contributed by atoms with E-state index in [-0.39, 0.29) is 5.56 Å². The minimum Gasteiger partial charge on any atom is -0.464 e. The van der Waals surface area contributed by atoms with Gasteiger partial charge in [0.15, 0.2) is 11.4 Å². The summed E-state index contributed by atoms with van der Waals surface area (Å²) in [7, 11) is 0.860. The third-order valence-corrected chi connectivity index (χ3v) is 2.34. The van der Waals surface area contributed by atoms with Gasteiger partial charge >= 0.3 is 12.3 Å². The lowest BCUT2D eigenvalue weighted by Gasteiger charge is -2.14. The van der Waals surface area contributed by atoms with Gasteiger partial charge in [-0.2, -0.15) is 0 Å². The summed E-state index contributed by atoms with van der Waals surface area (Å²) >= 11 is 5.36. The van der Waals surface area contributed by atoms with Gasteiger partial charge in [0.1, 0.15) is 5.69 Å². The van der Waals surface area contributed by atoms with Crippen LogP contribution in [0.2, 0.25) is 0 Å². The van der Waals surface area contributed by atoms with E-state index < -0.39 is 41.8 Å². The SMILES string of the molecule is COC(=O)c1nc(C(F)F)c(CCl)cc1OC(F)(F)F. The van der Waals surface area contributed by atoms with Crippen LogP contribution in [0.1, 0.15) is 28.2 Å². The summed E-state index contributed by atoms with van der Waals surface area (Å²) < 4.78 is 69.7. The quantitative estimate of drug-likeness (QED) is 0.484. The summed E-state index contributed by atoms with van der Waals surface area (Å²) in [5, 5.41) is 0. The molecule has 10 heteroatoms. The number of alkyl halides is 6. The fourth-order valence-electron chi connectivity index (χ4n) is 1.29. The molecule has 4 nitrogen and oxygen atoms in total. The molecule has 0 saturated heterocycles. The first-order valence-electron chi connectivity index (χ1n) is 4.91. The smallest absolute Gasteiger partial charge is 0.464 e. The Morgan fingerprint density at radius 2 is 2.05 bits per heavy atom. The summed E-state index contributed by atoms with van der Waals surface area (Å²) in [6.07, 6.45) is -8.24. The van der Waals surface area contributed by atoms with Gasteiger partial charge in [0.2, 0.25) is 0 Å². The Labute approximate surface area is 114 Å². The molecule has 1 heterocycles. The first-order valence-corrected chi connectivity index (χ1v) is 5.45. The fourth-order valence-corrected chi connectivity index (χ4v) is 1.50. The third-order valence-electron chi connectivity index (χ3n) is 2.06. The van der Waals surface area contributed by atoms with Gasteiger partial charge in [0.25, 0.3) is 6.43 Å². The molecular weight excluding hydrogens is 313 g/mol. The number of rotatable bonds is 4. The van der Waals surface area contributed by atoms with E-state index in [4.69, 9.17) is 11.6 Å². The number of ether oxygens (including phenoxy) is 2. The van der Waals surface area contributed by atoms with Crippen molar-refractivity contribution in [2.24, 2.45) is 0 Å². The third kappa shape index (κ3) is 3.92. The number of aromatic nitrogens is 1. The van der Waals surface area contributed by atoms with Crippen LogP contribution < -0.4 is 4.74 Å². The van der Waals surface area contributed by atoms with Crippen molar-refractivity contribution in [1.29, 1.82) is 0 Å². The van der Waals surface area contributed by atoms with Crippen molar-refractivity contribution in [3.8, 4) is 5.75 Å². The number of esters is 1. The van der Waals surface area contributed by atoms with Crippen molar-refractivity contribution in [3.05, 3.63) is 23.0 Å². The Kier molecular flexibility index (Phi) is 5.09. The molecule has 0 atom stereocenters. The van der Waals surface area contributed by atoms with Crippen molar-refractivity contribution in [2.45, 2.75) is 18.7 Å². The van der Waals surface area contributed by atoms with Gasteiger partial charge in [-0.15, -0.1) is 24.8 Å². The Morgan fingerprint density at radius 1 is 1.45 bits per heavy atom. The molecule has 0 unspecified atom stereocenters. The van der Waals surface area contributed by atoms with Crippen molar-refractivity contribution in [2.75, 3.05) is 7.11 Å². The number of halogens is 6. The van der Waals surface area contributed by atoms with Crippen LogP contribution in [0.3, 0.4) is 0 Å². The highest BCUT2D eigenvalue weighted by Gasteiger charge is 2.35. The lowest BCUT2D eigenvalue weighted by molar-refractivity contribution is -0.274. The molecule has 0 bridgehead atoms. The van der Waals surface area contributed by atoms with Gasteiger partial charge in [0, 0.05) is 5.88 Å². The average molecular weight is 320 g/mol. The zero-order chi connectivity index (χ0) is 15.5. The van der Waals surface area contributed by atoms with E-state index >= 15 is 0 Å². The second-order valence-corrected chi connectivity index (χ2v) is 3.62. The summed E-state index contributed by atoms with van der Waals surface area (Å²) in [6, 6.07) is 0.585. The number of carbonyl (C=O) groups is 1. The van der Waals surface area contributed by atoms with E-state index in [9.17, 15) is 26.7 Å². The van der Waals surface area contributed by atoms with Crippen LogP contribution in [-0.4, -0.2) is 24.4 Å². The molecule has 0 amide bonds. The monoisotopic (exact) mass is 319 g/mol. The highest BCUT2D eigenvalue weighted by Crippen LogP contribution is 2.32. The fraction of sp³-hybridized carbons (Fsp3) is 0.400. The molecule has 0 aliphatic rings. The van der Waals surface area contributed by atoms with Gasteiger partial charge in [-0.05, 0) is 11.6 Å². The van der Waals surface area contributed by atoms with E-state index in [2.05, 4.69) is 14.5 Å². The number of pyridine rings is 1.